The van der Waals surface area contributed by atoms with E-state index in [0.717, 1.165) is 0 Å². The number of hydrogen-bond acceptors (Lipinski definition) is 5. The standard InChI is InChI=1S/C23H20N4O4/c1-13(2)27-20(8-9-24-27)23(31)25-16-5-3-4-14(10-16)21(29)15-6-7-17-18(12-28)22(30)26-19(17)11-15/h3-13,18H,1-2H3,(H,25,31)(H,26,30). The highest BCUT2D eigenvalue weighted by molar-refractivity contribution is 6.14. The summed E-state index contributed by atoms with van der Waals surface area (Å²) in [7, 11) is 0. The molecule has 2 heterocycles. The van der Waals surface area contributed by atoms with Gasteiger partial charge in [-0.2, -0.15) is 5.10 Å². The van der Waals surface area contributed by atoms with Crippen LogP contribution in [0.5, 0.6) is 0 Å². The highest BCUT2D eigenvalue weighted by Gasteiger charge is 2.30. The molecule has 0 aliphatic carbocycles. The van der Waals surface area contributed by atoms with Crippen molar-refractivity contribution >= 4 is 35.3 Å². The van der Waals surface area contributed by atoms with Crippen LogP contribution in [0.2, 0.25) is 0 Å². The van der Waals surface area contributed by atoms with Crippen LogP contribution in [0.3, 0.4) is 0 Å². The third-order valence-electron chi connectivity index (χ3n) is 5.10. The third kappa shape index (κ3) is 3.75. The number of aromatic nitrogens is 2. The summed E-state index contributed by atoms with van der Waals surface area (Å²) in [6.45, 7) is 3.86. The molecule has 156 valence electrons. The zero-order valence-corrected chi connectivity index (χ0v) is 17.0. The highest BCUT2D eigenvalue weighted by Crippen LogP contribution is 2.32. The molecule has 2 aromatic carbocycles. The van der Waals surface area contributed by atoms with Crippen molar-refractivity contribution in [1.29, 1.82) is 0 Å². The van der Waals surface area contributed by atoms with Crippen molar-refractivity contribution in [2.24, 2.45) is 0 Å². The molecular weight excluding hydrogens is 396 g/mol. The molecule has 0 bridgehead atoms. The molecule has 4 rings (SSSR count). The van der Waals surface area contributed by atoms with E-state index < -0.39 is 11.8 Å². The van der Waals surface area contributed by atoms with Gasteiger partial charge in [-0.3, -0.25) is 19.1 Å². The van der Waals surface area contributed by atoms with Crippen molar-refractivity contribution in [2.45, 2.75) is 25.8 Å². The second-order valence-corrected chi connectivity index (χ2v) is 7.52. The number of rotatable bonds is 6. The molecule has 2 N–H and O–H groups in total. The van der Waals surface area contributed by atoms with Crippen LogP contribution < -0.4 is 10.6 Å². The van der Waals surface area contributed by atoms with E-state index in [2.05, 4.69) is 15.7 Å². The summed E-state index contributed by atoms with van der Waals surface area (Å²) in [6.07, 6.45) is 2.15. The first-order chi connectivity index (χ1) is 14.9. The zero-order chi connectivity index (χ0) is 22.1. The van der Waals surface area contributed by atoms with Crippen LogP contribution >= 0.6 is 0 Å². The van der Waals surface area contributed by atoms with Crippen LogP contribution in [0.4, 0.5) is 11.4 Å². The normalized spacial score (nSPS) is 14.8. The highest BCUT2D eigenvalue weighted by atomic mass is 16.2. The molecule has 31 heavy (non-hydrogen) atoms. The summed E-state index contributed by atoms with van der Waals surface area (Å²) in [6, 6.07) is 13.0. The van der Waals surface area contributed by atoms with E-state index >= 15 is 0 Å². The number of hydrogen-bond donors (Lipinski definition) is 2. The van der Waals surface area contributed by atoms with Gasteiger partial charge in [0.2, 0.25) is 5.91 Å². The van der Waals surface area contributed by atoms with E-state index in [9.17, 15) is 19.2 Å². The monoisotopic (exact) mass is 416 g/mol. The number of anilines is 2. The van der Waals surface area contributed by atoms with Crippen molar-refractivity contribution in [3.63, 3.8) is 0 Å². The Bertz CT molecular complexity index is 1210. The number of nitrogens with zero attached hydrogens (tertiary/aromatic N) is 2. The van der Waals surface area contributed by atoms with E-state index in [0.29, 0.717) is 40.0 Å². The Morgan fingerprint density at radius 1 is 1.13 bits per heavy atom. The van der Waals surface area contributed by atoms with Crippen molar-refractivity contribution in [2.75, 3.05) is 10.6 Å². The number of nitrogens with one attached hydrogen (secondary N) is 2. The third-order valence-corrected chi connectivity index (χ3v) is 5.10. The molecule has 1 aromatic heterocycles. The minimum absolute atomic E-state index is 0.0303. The van der Waals surface area contributed by atoms with Gasteiger partial charge < -0.3 is 15.4 Å². The lowest BCUT2D eigenvalue weighted by Gasteiger charge is -2.12. The Morgan fingerprint density at radius 3 is 2.65 bits per heavy atom. The predicted molar refractivity (Wildman–Crippen MR) is 114 cm³/mol. The molecule has 3 aromatic rings. The van der Waals surface area contributed by atoms with Gasteiger partial charge in [0.25, 0.3) is 5.91 Å². The Hall–Kier alpha value is -4.07. The van der Waals surface area contributed by atoms with Gasteiger partial charge in [0.15, 0.2) is 5.78 Å². The van der Waals surface area contributed by atoms with E-state index in [4.69, 9.17) is 0 Å². The number of aldehydes is 1. The first-order valence-corrected chi connectivity index (χ1v) is 9.78. The van der Waals surface area contributed by atoms with Crippen LogP contribution in [0.15, 0.2) is 54.7 Å². The molecule has 0 saturated carbocycles. The van der Waals surface area contributed by atoms with Crippen LogP contribution in [-0.2, 0) is 9.59 Å². The van der Waals surface area contributed by atoms with Crippen LogP contribution in [0.25, 0.3) is 0 Å². The topological polar surface area (TPSA) is 110 Å². The molecule has 0 fully saturated rings. The lowest BCUT2D eigenvalue weighted by molar-refractivity contribution is -0.121. The minimum Gasteiger partial charge on any atom is -0.325 e. The average Bonchev–Trinajstić information content (AvgIpc) is 3.36. The molecule has 1 unspecified atom stereocenters. The number of fused-ring (bicyclic) bond motifs is 1. The van der Waals surface area contributed by atoms with Gasteiger partial charge in [0.05, 0.1) is 0 Å². The Labute approximate surface area is 178 Å². The number of carbonyl (C=O) groups excluding carboxylic acids is 4. The predicted octanol–water partition coefficient (Wildman–Crippen LogP) is 3.18. The van der Waals surface area contributed by atoms with Gasteiger partial charge in [0, 0.05) is 34.7 Å². The first-order valence-electron chi connectivity index (χ1n) is 9.78. The Morgan fingerprint density at radius 2 is 1.90 bits per heavy atom. The fraction of sp³-hybridized carbons (Fsp3) is 0.174. The van der Waals surface area contributed by atoms with Crippen LogP contribution in [-0.4, -0.2) is 33.7 Å². The average molecular weight is 416 g/mol. The maximum Gasteiger partial charge on any atom is 0.273 e. The lowest BCUT2D eigenvalue weighted by Crippen LogP contribution is -2.19. The number of carbonyl (C=O) groups is 4. The largest absolute Gasteiger partial charge is 0.325 e. The maximum atomic E-state index is 13.0. The first kappa shape index (κ1) is 20.2. The van der Waals surface area contributed by atoms with E-state index in [-0.39, 0.29) is 17.7 Å². The molecule has 0 saturated heterocycles. The summed E-state index contributed by atoms with van der Waals surface area (Å²) in [4.78, 5) is 48.6. The van der Waals surface area contributed by atoms with Gasteiger partial charge in [-0.1, -0.05) is 24.3 Å². The molecular formula is C23H20N4O4. The Balaban J connectivity index is 1.56. The summed E-state index contributed by atoms with van der Waals surface area (Å²) in [5, 5.41) is 9.58. The second kappa shape index (κ2) is 7.98. The molecule has 0 radical (unpaired) electrons. The van der Waals surface area contributed by atoms with Crippen LogP contribution in [0.1, 0.15) is 57.8 Å². The van der Waals surface area contributed by atoms with Crippen molar-refractivity contribution in [3.8, 4) is 0 Å². The molecule has 8 nitrogen and oxygen atoms in total. The summed E-state index contributed by atoms with van der Waals surface area (Å²) < 4.78 is 1.62. The number of benzene rings is 2. The van der Waals surface area contributed by atoms with Gasteiger partial charge in [-0.25, -0.2) is 0 Å². The van der Waals surface area contributed by atoms with E-state index in [1.807, 2.05) is 13.8 Å². The van der Waals surface area contributed by atoms with Crippen LogP contribution in [0, 0.1) is 0 Å². The SMILES string of the molecule is CC(C)n1nccc1C(=O)Nc1cccc(C(=O)c2ccc3c(c2)NC(=O)C3C=O)c1. The Kier molecular flexibility index (Phi) is 5.21. The molecule has 1 aliphatic heterocycles. The van der Waals surface area contributed by atoms with E-state index in [1.54, 1.807) is 59.4 Å². The summed E-state index contributed by atoms with van der Waals surface area (Å²) in [5.41, 5.74) is 2.66. The van der Waals surface area contributed by atoms with E-state index in [1.165, 1.54) is 0 Å². The van der Waals surface area contributed by atoms with Gasteiger partial charge in [-0.15, -0.1) is 0 Å². The zero-order valence-electron chi connectivity index (χ0n) is 17.0. The summed E-state index contributed by atoms with van der Waals surface area (Å²) >= 11 is 0. The fourth-order valence-electron chi connectivity index (χ4n) is 3.57. The molecule has 2 amide bonds. The molecule has 1 aliphatic rings. The molecule has 1 atom stereocenters. The van der Waals surface area contributed by atoms with Gasteiger partial charge in [-0.05, 0) is 43.7 Å². The lowest BCUT2D eigenvalue weighted by atomic mass is 9.97. The minimum atomic E-state index is -0.850. The van der Waals surface area contributed by atoms with Crippen molar-refractivity contribution < 1.29 is 19.2 Å². The fourth-order valence-corrected chi connectivity index (χ4v) is 3.57. The maximum absolute atomic E-state index is 13.0. The number of ketones is 1. The second-order valence-electron chi connectivity index (χ2n) is 7.52. The molecule has 8 heteroatoms. The summed E-state index contributed by atoms with van der Waals surface area (Å²) in [5.74, 6) is -1.84. The smallest absolute Gasteiger partial charge is 0.273 e. The quantitative estimate of drug-likeness (QED) is 0.364. The van der Waals surface area contributed by atoms with Gasteiger partial charge in [0.1, 0.15) is 17.9 Å². The van der Waals surface area contributed by atoms with Crippen molar-refractivity contribution in [3.05, 3.63) is 77.1 Å². The van der Waals surface area contributed by atoms with Crippen molar-refractivity contribution in [1.82, 2.24) is 9.78 Å². The van der Waals surface area contributed by atoms with Gasteiger partial charge >= 0.3 is 0 Å². The number of amides is 2. The molecule has 0 spiro atoms.